The monoisotopic (exact) mass is 157 g/mol. The highest BCUT2D eigenvalue weighted by atomic mass is 16.6. The molecule has 0 radical (unpaired) electrons. The summed E-state index contributed by atoms with van der Waals surface area (Å²) in [5, 5.41) is 3.45. The van der Waals surface area contributed by atoms with Crippen molar-refractivity contribution in [3.8, 4) is 0 Å². The van der Waals surface area contributed by atoms with E-state index >= 15 is 0 Å². The minimum absolute atomic E-state index is 0.0623. The highest BCUT2D eigenvalue weighted by Crippen LogP contribution is 2.18. The van der Waals surface area contributed by atoms with Crippen molar-refractivity contribution >= 4 is 0 Å². The fraction of sp³-hybridized carbons (Fsp3) is 0.714. The molecule has 1 heterocycles. The van der Waals surface area contributed by atoms with E-state index in [9.17, 15) is 4.79 Å². The lowest BCUT2D eigenvalue weighted by molar-refractivity contribution is 0.328. The molecule has 4 heteroatoms. The summed E-state index contributed by atoms with van der Waals surface area (Å²) in [6.45, 7) is 6.09. The van der Waals surface area contributed by atoms with E-state index in [1.807, 2.05) is 20.8 Å². The Labute approximate surface area is 64.2 Å². The highest BCUT2D eigenvalue weighted by Gasteiger charge is 2.15. The average Bonchev–Trinajstić information content (AvgIpc) is 2.10. The van der Waals surface area contributed by atoms with Crippen LogP contribution >= 0.6 is 0 Å². The van der Waals surface area contributed by atoms with Gasteiger partial charge in [-0.2, -0.15) is 0 Å². The first-order valence-electron chi connectivity index (χ1n) is 3.43. The van der Waals surface area contributed by atoms with Crippen LogP contribution in [-0.2, 0) is 6.42 Å². The summed E-state index contributed by atoms with van der Waals surface area (Å²) < 4.78 is 8.86. The van der Waals surface area contributed by atoms with Crippen LogP contribution in [0.5, 0.6) is 0 Å². The molecule has 11 heavy (non-hydrogen) atoms. The molecule has 0 fully saturated rings. The van der Waals surface area contributed by atoms with E-state index in [0.29, 0.717) is 12.3 Å². The van der Waals surface area contributed by atoms with E-state index in [4.69, 9.17) is 0 Å². The van der Waals surface area contributed by atoms with Gasteiger partial charge in [0.15, 0.2) is 0 Å². The average molecular weight is 157 g/mol. The van der Waals surface area contributed by atoms with Gasteiger partial charge >= 0.3 is 5.82 Å². The van der Waals surface area contributed by atoms with Crippen molar-refractivity contribution in [2.75, 3.05) is 0 Å². The molecule has 0 atom stereocenters. The van der Waals surface area contributed by atoms with Crippen molar-refractivity contribution in [1.29, 1.82) is 0 Å². The molecule has 0 unspecified atom stereocenters. The Morgan fingerprint density at radius 3 is 2.45 bits per heavy atom. The van der Waals surface area contributed by atoms with Crippen LogP contribution in [0.25, 0.3) is 0 Å². The molecule has 1 rings (SSSR count). The van der Waals surface area contributed by atoms with Crippen LogP contribution in [0, 0.1) is 5.41 Å². The largest absolute Gasteiger partial charge is 0.542 e. The van der Waals surface area contributed by atoms with E-state index in [0.717, 1.165) is 0 Å². The molecule has 4 nitrogen and oxygen atoms in total. The standard InChI is InChI=1S/C7H11NO3/c1-7(2,3)4-5-8-11-6(9)10-5/h4H2,1-3H3. The molecule has 0 aliphatic rings. The van der Waals surface area contributed by atoms with Gasteiger partial charge in [0.2, 0.25) is 5.89 Å². The predicted octanol–water partition coefficient (Wildman–Crippen LogP) is 1.22. The minimum atomic E-state index is -0.732. The van der Waals surface area contributed by atoms with Gasteiger partial charge < -0.3 is 4.42 Å². The van der Waals surface area contributed by atoms with E-state index in [1.165, 1.54) is 0 Å². The summed E-state index contributed by atoms with van der Waals surface area (Å²) in [4.78, 5) is 10.4. The van der Waals surface area contributed by atoms with Crippen molar-refractivity contribution in [2.45, 2.75) is 27.2 Å². The predicted molar refractivity (Wildman–Crippen MR) is 38.2 cm³/mol. The third-order valence-corrected chi connectivity index (χ3v) is 1.10. The van der Waals surface area contributed by atoms with E-state index in [1.54, 1.807) is 0 Å². The molecule has 0 amide bonds. The van der Waals surface area contributed by atoms with Crippen LogP contribution in [0.2, 0.25) is 0 Å². The second-order valence-corrected chi connectivity index (χ2v) is 3.67. The first-order chi connectivity index (χ1) is 4.97. The summed E-state index contributed by atoms with van der Waals surface area (Å²) in [5.41, 5.74) is 0.0623. The Hall–Kier alpha value is -1.06. The maximum Gasteiger partial charge on any atom is 0.542 e. The molecule has 0 saturated heterocycles. The highest BCUT2D eigenvalue weighted by molar-refractivity contribution is 4.79. The number of rotatable bonds is 1. The van der Waals surface area contributed by atoms with Gasteiger partial charge in [-0.05, 0) is 10.6 Å². The molecule has 0 aromatic carbocycles. The second-order valence-electron chi connectivity index (χ2n) is 3.67. The Morgan fingerprint density at radius 1 is 1.45 bits per heavy atom. The fourth-order valence-corrected chi connectivity index (χ4v) is 0.744. The summed E-state index contributed by atoms with van der Waals surface area (Å²) in [7, 11) is 0. The fourth-order valence-electron chi connectivity index (χ4n) is 0.744. The first-order valence-corrected chi connectivity index (χ1v) is 3.43. The quantitative estimate of drug-likeness (QED) is 0.615. The number of aromatic nitrogens is 1. The first kappa shape index (κ1) is 8.04. The lowest BCUT2D eigenvalue weighted by Crippen LogP contribution is -2.09. The third-order valence-electron chi connectivity index (χ3n) is 1.10. The van der Waals surface area contributed by atoms with Gasteiger partial charge in [-0.15, -0.1) is 0 Å². The molecular weight excluding hydrogens is 146 g/mol. The zero-order valence-corrected chi connectivity index (χ0v) is 6.88. The van der Waals surface area contributed by atoms with Gasteiger partial charge in [0.25, 0.3) is 0 Å². The topological polar surface area (TPSA) is 56.2 Å². The Morgan fingerprint density at radius 2 is 2.09 bits per heavy atom. The number of hydrogen-bond acceptors (Lipinski definition) is 4. The van der Waals surface area contributed by atoms with E-state index in [-0.39, 0.29) is 5.41 Å². The molecule has 0 saturated carbocycles. The van der Waals surface area contributed by atoms with Crippen LogP contribution < -0.4 is 5.82 Å². The summed E-state index contributed by atoms with van der Waals surface area (Å²) in [5.74, 6) is -0.369. The van der Waals surface area contributed by atoms with Crippen molar-refractivity contribution < 1.29 is 8.94 Å². The van der Waals surface area contributed by atoms with Gasteiger partial charge in [-0.1, -0.05) is 20.8 Å². The van der Waals surface area contributed by atoms with Crippen LogP contribution in [0.3, 0.4) is 0 Å². The van der Waals surface area contributed by atoms with Crippen LogP contribution in [0.1, 0.15) is 26.7 Å². The van der Waals surface area contributed by atoms with Crippen molar-refractivity contribution in [2.24, 2.45) is 5.41 Å². The number of nitrogens with zero attached hydrogens (tertiary/aromatic N) is 1. The lowest BCUT2D eigenvalue weighted by atomic mass is 9.92. The van der Waals surface area contributed by atoms with Crippen LogP contribution in [-0.4, -0.2) is 5.16 Å². The molecular formula is C7H11NO3. The Balaban J connectivity index is 2.73. The van der Waals surface area contributed by atoms with Crippen molar-refractivity contribution in [1.82, 2.24) is 5.16 Å². The van der Waals surface area contributed by atoms with E-state index in [2.05, 4.69) is 14.1 Å². The maximum absolute atomic E-state index is 10.4. The van der Waals surface area contributed by atoms with Gasteiger partial charge in [0.05, 0.1) is 0 Å². The van der Waals surface area contributed by atoms with Gasteiger partial charge in [-0.25, -0.2) is 4.79 Å². The summed E-state index contributed by atoms with van der Waals surface area (Å²) in [6, 6.07) is 0. The molecule has 1 aromatic rings. The summed E-state index contributed by atoms with van der Waals surface area (Å²) in [6.07, 6.45) is 0.610. The van der Waals surface area contributed by atoms with Gasteiger partial charge in [0, 0.05) is 6.42 Å². The van der Waals surface area contributed by atoms with Gasteiger partial charge in [-0.3, -0.25) is 4.52 Å². The SMILES string of the molecule is CC(C)(C)Cc1noc(=O)o1. The molecule has 1 aromatic heterocycles. The molecule has 0 N–H and O–H groups in total. The molecule has 0 bridgehead atoms. The zero-order valence-electron chi connectivity index (χ0n) is 6.88. The zero-order chi connectivity index (χ0) is 8.48. The molecule has 62 valence electrons. The summed E-state index contributed by atoms with van der Waals surface area (Å²) >= 11 is 0. The van der Waals surface area contributed by atoms with Crippen LogP contribution in [0.4, 0.5) is 0 Å². The van der Waals surface area contributed by atoms with Crippen molar-refractivity contribution in [3.05, 3.63) is 16.5 Å². The lowest BCUT2D eigenvalue weighted by Gasteiger charge is -2.13. The smallest absolute Gasteiger partial charge is 0.375 e. The molecule has 0 aliphatic heterocycles. The normalized spacial score (nSPS) is 11.9. The Kier molecular flexibility index (Phi) is 1.85. The third kappa shape index (κ3) is 2.57. The maximum atomic E-state index is 10.4. The minimum Gasteiger partial charge on any atom is -0.375 e. The second kappa shape index (κ2) is 2.53. The van der Waals surface area contributed by atoms with Crippen LogP contribution in [0.15, 0.2) is 13.7 Å². The Bertz CT molecular complexity index is 278. The molecule has 0 spiro atoms. The van der Waals surface area contributed by atoms with E-state index < -0.39 is 5.82 Å². The van der Waals surface area contributed by atoms with Gasteiger partial charge in [0.1, 0.15) is 0 Å². The van der Waals surface area contributed by atoms with Crippen molar-refractivity contribution in [3.63, 3.8) is 0 Å². The number of hydrogen-bond donors (Lipinski definition) is 0. The molecule has 0 aliphatic carbocycles.